The van der Waals surface area contributed by atoms with E-state index in [2.05, 4.69) is 43.0 Å². The molecule has 2 aromatic rings. The normalized spacial score (nSPS) is 23.9. The fraction of sp³-hybridized carbons (Fsp3) is 0.577. The molecule has 3 aliphatic rings. The zero-order chi connectivity index (χ0) is 24.4. The summed E-state index contributed by atoms with van der Waals surface area (Å²) in [5.41, 5.74) is 2.86. The van der Waals surface area contributed by atoms with Gasteiger partial charge < -0.3 is 25.0 Å². The van der Waals surface area contributed by atoms with Gasteiger partial charge in [-0.3, -0.25) is 4.79 Å². The monoisotopic (exact) mass is 543 g/mol. The van der Waals surface area contributed by atoms with Crippen LogP contribution in [0.15, 0.2) is 35.1 Å². The highest BCUT2D eigenvalue weighted by atomic mass is 79.9. The first-order valence-corrected chi connectivity index (χ1v) is 13.4. The highest BCUT2D eigenvalue weighted by Crippen LogP contribution is 2.42. The van der Waals surface area contributed by atoms with Crippen molar-refractivity contribution in [2.24, 2.45) is 0 Å². The average Bonchev–Trinajstić information content (AvgIpc) is 3.19. The molecule has 3 atom stereocenters. The number of amides is 1. The van der Waals surface area contributed by atoms with Crippen LogP contribution in [0.25, 0.3) is 0 Å². The second-order valence-corrected chi connectivity index (χ2v) is 10.8. The number of ether oxygens (including phenoxy) is 1. The molecular weight excluding hydrogens is 510 g/mol. The van der Waals surface area contributed by atoms with Gasteiger partial charge in [0.15, 0.2) is 0 Å². The fourth-order valence-electron chi connectivity index (χ4n) is 5.54. The molecule has 2 fully saturated rings. The summed E-state index contributed by atoms with van der Waals surface area (Å²) in [6, 6.07) is 8.50. The van der Waals surface area contributed by atoms with E-state index in [4.69, 9.17) is 4.74 Å². The van der Waals surface area contributed by atoms with Crippen LogP contribution in [0.5, 0.6) is 0 Å². The van der Waals surface area contributed by atoms with Gasteiger partial charge in [-0.25, -0.2) is 9.97 Å². The molecule has 1 aliphatic carbocycles. The molecule has 1 aromatic carbocycles. The predicted octanol–water partition coefficient (Wildman–Crippen LogP) is 2.98. The molecule has 188 valence electrons. The number of anilines is 1. The van der Waals surface area contributed by atoms with Gasteiger partial charge in [0.05, 0.1) is 17.7 Å². The smallest absolute Gasteiger partial charge is 0.231 e. The minimum Gasteiger partial charge on any atom is -0.387 e. The first-order chi connectivity index (χ1) is 17.0. The Bertz CT molecular complexity index is 1020. The Labute approximate surface area is 215 Å². The van der Waals surface area contributed by atoms with Crippen LogP contribution in [0.2, 0.25) is 0 Å². The number of halogens is 1. The van der Waals surface area contributed by atoms with Crippen LogP contribution in [0, 0.1) is 0 Å². The molecule has 9 heteroatoms. The second-order valence-electron chi connectivity index (χ2n) is 9.86. The molecule has 1 amide bonds. The van der Waals surface area contributed by atoms with Gasteiger partial charge in [0.25, 0.3) is 0 Å². The van der Waals surface area contributed by atoms with Crippen molar-refractivity contribution in [3.63, 3.8) is 0 Å². The van der Waals surface area contributed by atoms with Gasteiger partial charge >= 0.3 is 0 Å². The number of nitrogens with one attached hydrogen (secondary N) is 1. The number of hydrogen-bond acceptors (Lipinski definition) is 7. The van der Waals surface area contributed by atoms with Crippen LogP contribution >= 0.6 is 15.9 Å². The third-order valence-corrected chi connectivity index (χ3v) is 8.10. The third-order valence-electron chi connectivity index (χ3n) is 7.57. The Balaban J connectivity index is 1.27. The van der Waals surface area contributed by atoms with Gasteiger partial charge in [0, 0.05) is 62.0 Å². The van der Waals surface area contributed by atoms with E-state index in [0.29, 0.717) is 32.1 Å². The van der Waals surface area contributed by atoms with E-state index >= 15 is 0 Å². The quantitative estimate of drug-likeness (QED) is 0.578. The molecule has 2 N–H and O–H groups in total. The number of aliphatic hydroxyl groups is 1. The van der Waals surface area contributed by atoms with E-state index in [0.717, 1.165) is 66.3 Å². The minimum atomic E-state index is -0.514. The summed E-state index contributed by atoms with van der Waals surface area (Å²) in [6.07, 6.45) is 3.69. The van der Waals surface area contributed by atoms with E-state index in [9.17, 15) is 9.90 Å². The molecule has 35 heavy (non-hydrogen) atoms. The van der Waals surface area contributed by atoms with Gasteiger partial charge in [0.2, 0.25) is 5.91 Å². The molecule has 0 radical (unpaired) electrons. The summed E-state index contributed by atoms with van der Waals surface area (Å²) in [5.74, 6) is 1.09. The first kappa shape index (κ1) is 24.6. The van der Waals surface area contributed by atoms with Gasteiger partial charge in [-0.1, -0.05) is 35.0 Å². The highest BCUT2D eigenvalue weighted by Gasteiger charge is 2.35. The van der Waals surface area contributed by atoms with E-state index in [1.807, 2.05) is 29.2 Å². The number of rotatable bonds is 6. The number of piperazine rings is 1. The van der Waals surface area contributed by atoms with E-state index in [1.54, 1.807) is 6.33 Å². The van der Waals surface area contributed by atoms with Crippen LogP contribution in [-0.2, 0) is 9.53 Å². The van der Waals surface area contributed by atoms with Crippen molar-refractivity contribution in [1.29, 1.82) is 0 Å². The molecule has 2 aliphatic heterocycles. The average molecular weight is 544 g/mol. The molecule has 0 bridgehead atoms. The number of benzene rings is 1. The Morgan fingerprint density at radius 1 is 1.17 bits per heavy atom. The van der Waals surface area contributed by atoms with Crippen LogP contribution in [-0.4, -0.2) is 77.9 Å². The maximum atomic E-state index is 13.8. The van der Waals surface area contributed by atoms with Crippen molar-refractivity contribution in [3.05, 3.63) is 51.9 Å². The number of aromatic nitrogens is 2. The lowest BCUT2D eigenvalue weighted by Crippen LogP contribution is -2.51. The van der Waals surface area contributed by atoms with Crippen LogP contribution in [0.4, 0.5) is 5.82 Å². The maximum absolute atomic E-state index is 13.8. The highest BCUT2D eigenvalue weighted by molar-refractivity contribution is 9.10. The summed E-state index contributed by atoms with van der Waals surface area (Å²) in [4.78, 5) is 26.9. The number of carbonyl (C=O) groups is 1. The topological polar surface area (TPSA) is 90.8 Å². The molecule has 8 nitrogen and oxygen atoms in total. The second kappa shape index (κ2) is 10.9. The Morgan fingerprint density at radius 3 is 2.60 bits per heavy atom. The Morgan fingerprint density at radius 2 is 1.89 bits per heavy atom. The van der Waals surface area contributed by atoms with Gasteiger partial charge in [0.1, 0.15) is 12.1 Å². The first-order valence-electron chi connectivity index (χ1n) is 12.6. The number of fused-ring (bicyclic) bond motifs is 1. The molecule has 0 saturated carbocycles. The third kappa shape index (κ3) is 5.38. The Hall–Kier alpha value is -2.07. The number of aliphatic hydroxyl groups excluding tert-OH is 1. The Kier molecular flexibility index (Phi) is 7.67. The lowest BCUT2D eigenvalue weighted by Gasteiger charge is -2.38. The minimum absolute atomic E-state index is 0.170. The van der Waals surface area contributed by atoms with Crippen molar-refractivity contribution >= 4 is 27.7 Å². The summed E-state index contributed by atoms with van der Waals surface area (Å²) < 4.78 is 6.50. The van der Waals surface area contributed by atoms with Crippen molar-refractivity contribution in [1.82, 2.24) is 20.2 Å². The summed E-state index contributed by atoms with van der Waals surface area (Å²) >= 11 is 3.51. The molecule has 1 aromatic heterocycles. The van der Waals surface area contributed by atoms with Gasteiger partial charge in [-0.2, -0.15) is 0 Å². The zero-order valence-corrected chi connectivity index (χ0v) is 21.8. The standard InChI is InChI=1S/C26H34BrN5O3/c1-17-14-22(33)24-23(17)25(30-16-29-24)31-8-10-32(11-9-31)26(34)21(18-2-4-19(27)5-3-18)15-28-20-6-12-35-13-7-20/h2-5,16-17,20-22,28,33H,6-15H2,1H3/t17-,21?,22-/m1/s1. The van der Waals surface area contributed by atoms with Gasteiger partial charge in [-0.15, -0.1) is 0 Å². The van der Waals surface area contributed by atoms with Crippen molar-refractivity contribution < 1.29 is 14.6 Å². The van der Waals surface area contributed by atoms with Crippen LogP contribution in [0.1, 0.15) is 60.9 Å². The van der Waals surface area contributed by atoms with Crippen LogP contribution in [0.3, 0.4) is 0 Å². The number of nitrogens with zero attached hydrogens (tertiary/aromatic N) is 4. The molecule has 1 unspecified atom stereocenters. The summed E-state index contributed by atoms with van der Waals surface area (Å²) in [5, 5.41) is 14.0. The van der Waals surface area contributed by atoms with E-state index in [1.165, 1.54) is 0 Å². The summed E-state index contributed by atoms with van der Waals surface area (Å²) in [7, 11) is 0. The lowest BCUT2D eigenvalue weighted by molar-refractivity contribution is -0.133. The SMILES string of the molecule is C[C@@H]1C[C@@H](O)c2ncnc(N3CCN(C(=O)C(CNC4CCOCC4)c4ccc(Br)cc4)CC3)c21. The number of carbonyl (C=O) groups excluding carboxylic acids is 1. The van der Waals surface area contributed by atoms with Crippen LogP contribution < -0.4 is 10.2 Å². The molecule has 0 spiro atoms. The van der Waals surface area contributed by atoms with E-state index < -0.39 is 6.10 Å². The molecule has 2 saturated heterocycles. The van der Waals surface area contributed by atoms with Crippen molar-refractivity contribution in [2.75, 3.05) is 50.8 Å². The largest absolute Gasteiger partial charge is 0.387 e. The van der Waals surface area contributed by atoms with E-state index in [-0.39, 0.29) is 17.7 Å². The summed E-state index contributed by atoms with van der Waals surface area (Å²) in [6.45, 7) is 7.04. The number of hydrogen-bond donors (Lipinski definition) is 2. The molecular formula is C26H34BrN5O3. The van der Waals surface area contributed by atoms with Crippen molar-refractivity contribution in [2.45, 2.75) is 50.2 Å². The predicted molar refractivity (Wildman–Crippen MR) is 138 cm³/mol. The maximum Gasteiger partial charge on any atom is 0.231 e. The lowest BCUT2D eigenvalue weighted by atomic mass is 9.96. The van der Waals surface area contributed by atoms with Crippen molar-refractivity contribution in [3.8, 4) is 0 Å². The van der Waals surface area contributed by atoms with Gasteiger partial charge in [-0.05, 0) is 42.9 Å². The fourth-order valence-corrected chi connectivity index (χ4v) is 5.81. The zero-order valence-electron chi connectivity index (χ0n) is 20.2. The molecule has 3 heterocycles. The molecule has 5 rings (SSSR count).